The quantitative estimate of drug-likeness (QED) is 0.932. The van der Waals surface area contributed by atoms with Crippen LogP contribution in [-0.4, -0.2) is 50.3 Å². The third kappa shape index (κ3) is 2.59. The van der Waals surface area contributed by atoms with Gasteiger partial charge in [0.25, 0.3) is 5.91 Å². The fourth-order valence-corrected chi connectivity index (χ4v) is 3.25. The molecular formula is C16H21N5O. The Bertz CT molecular complexity index is 637. The van der Waals surface area contributed by atoms with Gasteiger partial charge in [-0.05, 0) is 31.7 Å². The molecule has 22 heavy (non-hydrogen) atoms. The molecule has 2 aliphatic rings. The second-order valence-corrected chi connectivity index (χ2v) is 6.31. The summed E-state index contributed by atoms with van der Waals surface area (Å²) >= 11 is 0. The van der Waals surface area contributed by atoms with Crippen LogP contribution in [0.3, 0.4) is 0 Å². The molecule has 0 spiro atoms. The number of amides is 1. The predicted molar refractivity (Wildman–Crippen MR) is 82.7 cm³/mol. The highest BCUT2D eigenvalue weighted by Crippen LogP contribution is 2.21. The van der Waals surface area contributed by atoms with Crippen molar-refractivity contribution < 1.29 is 4.79 Å². The van der Waals surface area contributed by atoms with Gasteiger partial charge in [-0.25, -0.2) is 9.97 Å². The van der Waals surface area contributed by atoms with Crippen LogP contribution in [0.5, 0.6) is 0 Å². The Labute approximate surface area is 129 Å². The van der Waals surface area contributed by atoms with Crippen molar-refractivity contribution >= 4 is 11.7 Å². The van der Waals surface area contributed by atoms with Gasteiger partial charge in [0, 0.05) is 43.8 Å². The van der Waals surface area contributed by atoms with Crippen LogP contribution in [0.1, 0.15) is 42.6 Å². The summed E-state index contributed by atoms with van der Waals surface area (Å²) in [6, 6.07) is 3.12. The van der Waals surface area contributed by atoms with E-state index in [-0.39, 0.29) is 5.91 Å². The summed E-state index contributed by atoms with van der Waals surface area (Å²) in [6.45, 7) is 1.62. The number of hydrogen-bond acceptors (Lipinski definition) is 4. The van der Waals surface area contributed by atoms with Crippen molar-refractivity contribution in [2.45, 2.75) is 44.2 Å². The molecule has 2 aromatic rings. The molecule has 0 atom stereocenters. The molecule has 6 heteroatoms. The zero-order chi connectivity index (χ0) is 14.9. The normalized spacial score (nSPS) is 20.3. The highest BCUT2D eigenvalue weighted by atomic mass is 16.2. The molecule has 1 amide bonds. The summed E-state index contributed by atoms with van der Waals surface area (Å²) in [6.07, 6.45) is 11.4. The van der Waals surface area contributed by atoms with Crippen molar-refractivity contribution in [2.24, 2.45) is 0 Å². The molecule has 1 N–H and O–H groups in total. The van der Waals surface area contributed by atoms with Crippen LogP contribution in [0.4, 0.5) is 0 Å². The van der Waals surface area contributed by atoms with E-state index in [0.29, 0.717) is 17.5 Å². The van der Waals surface area contributed by atoms with Crippen molar-refractivity contribution in [3.63, 3.8) is 0 Å². The van der Waals surface area contributed by atoms with E-state index in [1.807, 2.05) is 17.2 Å². The summed E-state index contributed by atoms with van der Waals surface area (Å²) in [5.74, 6) is 0.597. The lowest BCUT2D eigenvalue weighted by molar-refractivity contribution is 0.0692. The molecular weight excluding hydrogens is 278 g/mol. The zero-order valence-electron chi connectivity index (χ0n) is 12.6. The van der Waals surface area contributed by atoms with Gasteiger partial charge in [-0.1, -0.05) is 6.42 Å². The average Bonchev–Trinajstić information content (AvgIpc) is 2.95. The van der Waals surface area contributed by atoms with Crippen LogP contribution in [0, 0.1) is 0 Å². The maximum Gasteiger partial charge on any atom is 0.274 e. The van der Waals surface area contributed by atoms with Gasteiger partial charge in [-0.3, -0.25) is 9.20 Å². The minimum Gasteiger partial charge on any atom is -0.337 e. The number of aromatic nitrogens is 3. The molecule has 1 aliphatic heterocycles. The van der Waals surface area contributed by atoms with Gasteiger partial charge in [0.2, 0.25) is 5.78 Å². The topological polar surface area (TPSA) is 62.5 Å². The van der Waals surface area contributed by atoms with E-state index < -0.39 is 0 Å². The lowest BCUT2D eigenvalue weighted by atomic mass is 9.91. The molecule has 2 fully saturated rings. The van der Waals surface area contributed by atoms with E-state index in [1.165, 1.54) is 19.3 Å². The van der Waals surface area contributed by atoms with Gasteiger partial charge >= 0.3 is 0 Å². The summed E-state index contributed by atoms with van der Waals surface area (Å²) in [4.78, 5) is 23.0. The molecule has 0 radical (unpaired) electrons. The molecule has 2 aromatic heterocycles. The fourth-order valence-electron chi connectivity index (χ4n) is 3.25. The van der Waals surface area contributed by atoms with E-state index >= 15 is 0 Å². The van der Waals surface area contributed by atoms with Crippen molar-refractivity contribution in [3.05, 3.63) is 30.4 Å². The van der Waals surface area contributed by atoms with E-state index in [0.717, 1.165) is 32.0 Å². The molecule has 6 nitrogen and oxygen atoms in total. The van der Waals surface area contributed by atoms with E-state index in [2.05, 4.69) is 15.3 Å². The first-order valence-electron chi connectivity index (χ1n) is 8.14. The Hall–Kier alpha value is -1.95. The van der Waals surface area contributed by atoms with Crippen molar-refractivity contribution in [3.8, 4) is 0 Å². The number of rotatable bonds is 3. The smallest absolute Gasteiger partial charge is 0.274 e. The van der Waals surface area contributed by atoms with Crippen LogP contribution in [0.2, 0.25) is 0 Å². The molecule has 116 valence electrons. The number of nitrogens with zero attached hydrogens (tertiary/aromatic N) is 4. The largest absolute Gasteiger partial charge is 0.337 e. The number of fused-ring (bicyclic) bond motifs is 1. The Morgan fingerprint density at radius 2 is 1.95 bits per heavy atom. The summed E-state index contributed by atoms with van der Waals surface area (Å²) in [5.41, 5.74) is 0.490. The van der Waals surface area contributed by atoms with E-state index in [4.69, 9.17) is 0 Å². The maximum absolute atomic E-state index is 12.6. The zero-order valence-corrected chi connectivity index (χ0v) is 12.6. The lowest BCUT2D eigenvalue weighted by Crippen LogP contribution is -2.49. The average molecular weight is 299 g/mol. The van der Waals surface area contributed by atoms with Crippen molar-refractivity contribution in [1.29, 1.82) is 0 Å². The highest BCUT2D eigenvalue weighted by molar-refractivity contribution is 5.92. The van der Waals surface area contributed by atoms with Crippen molar-refractivity contribution in [1.82, 2.24) is 24.6 Å². The van der Waals surface area contributed by atoms with Gasteiger partial charge in [0.05, 0.1) is 0 Å². The molecule has 1 saturated heterocycles. The second-order valence-electron chi connectivity index (χ2n) is 6.31. The van der Waals surface area contributed by atoms with Crippen molar-refractivity contribution in [2.75, 3.05) is 13.1 Å². The first-order valence-corrected chi connectivity index (χ1v) is 8.14. The number of carbonyl (C=O) groups is 1. The Kier molecular flexibility index (Phi) is 3.54. The summed E-state index contributed by atoms with van der Waals surface area (Å²) in [5, 5.41) is 3.71. The second kappa shape index (κ2) is 5.68. The molecule has 0 unspecified atom stereocenters. The lowest BCUT2D eigenvalue weighted by Gasteiger charge is -2.36. The molecule has 1 aliphatic carbocycles. The van der Waals surface area contributed by atoms with Gasteiger partial charge in [0.1, 0.15) is 5.69 Å². The Balaban J connectivity index is 1.38. The van der Waals surface area contributed by atoms with Gasteiger partial charge in [0.15, 0.2) is 0 Å². The number of imidazole rings is 1. The molecule has 0 bridgehead atoms. The van der Waals surface area contributed by atoms with Crippen LogP contribution < -0.4 is 5.32 Å². The van der Waals surface area contributed by atoms with Crippen LogP contribution in [-0.2, 0) is 0 Å². The molecule has 3 heterocycles. The highest BCUT2D eigenvalue weighted by Gasteiger charge is 2.27. The summed E-state index contributed by atoms with van der Waals surface area (Å²) < 4.78 is 1.79. The molecule has 1 saturated carbocycles. The summed E-state index contributed by atoms with van der Waals surface area (Å²) in [7, 11) is 0. The number of piperidine rings is 1. The maximum atomic E-state index is 12.6. The molecule has 0 aromatic carbocycles. The van der Waals surface area contributed by atoms with E-state index in [1.54, 1.807) is 16.8 Å². The SMILES string of the molecule is O=C(c1cn2cccnc2n1)N1CCC(NC2CCC2)CC1. The first kappa shape index (κ1) is 13.7. The minimum atomic E-state index is 0.0209. The Morgan fingerprint density at radius 1 is 1.18 bits per heavy atom. The minimum absolute atomic E-state index is 0.0209. The van der Waals surface area contributed by atoms with E-state index in [9.17, 15) is 4.79 Å². The van der Waals surface area contributed by atoms with Gasteiger partial charge in [-0.2, -0.15) is 0 Å². The fraction of sp³-hybridized carbons (Fsp3) is 0.562. The van der Waals surface area contributed by atoms with Crippen LogP contribution in [0.15, 0.2) is 24.7 Å². The third-order valence-corrected chi connectivity index (χ3v) is 4.81. The number of likely N-dealkylation sites (tertiary alicyclic amines) is 1. The number of nitrogens with one attached hydrogen (secondary N) is 1. The standard InChI is InChI=1S/C16H21N5O/c22-15(14-11-21-8-2-7-17-16(21)19-14)20-9-5-13(6-10-20)18-12-3-1-4-12/h2,7-8,11-13,18H,1,3-6,9-10H2. The predicted octanol–water partition coefficient (Wildman–Crippen LogP) is 1.48. The van der Waals surface area contributed by atoms with Gasteiger partial charge in [-0.15, -0.1) is 0 Å². The Morgan fingerprint density at radius 3 is 2.64 bits per heavy atom. The molecule has 4 rings (SSSR count). The first-order chi connectivity index (χ1) is 10.8. The third-order valence-electron chi connectivity index (χ3n) is 4.81. The number of carbonyl (C=O) groups excluding carboxylic acids is 1. The van der Waals surface area contributed by atoms with Crippen LogP contribution in [0.25, 0.3) is 5.78 Å². The van der Waals surface area contributed by atoms with Crippen LogP contribution >= 0.6 is 0 Å². The number of hydrogen-bond donors (Lipinski definition) is 1. The monoisotopic (exact) mass is 299 g/mol. The van der Waals surface area contributed by atoms with Gasteiger partial charge < -0.3 is 10.2 Å².